The number of carbonyl (C=O) groups is 2. The van der Waals surface area contributed by atoms with Crippen LogP contribution in [0.2, 0.25) is 0 Å². The number of nitrogens with one attached hydrogen (secondary N) is 1. The molecule has 4 aromatic rings. The highest BCUT2D eigenvalue weighted by atomic mass is 19.1. The second kappa shape index (κ2) is 14.6. The van der Waals surface area contributed by atoms with E-state index in [1.807, 2.05) is 91.0 Å². The van der Waals surface area contributed by atoms with Gasteiger partial charge < -0.3 is 10.2 Å². The maximum absolute atomic E-state index is 15.0. The van der Waals surface area contributed by atoms with Crippen molar-refractivity contribution >= 4 is 11.8 Å². The number of rotatable bonds is 11. The van der Waals surface area contributed by atoms with Gasteiger partial charge in [-0.2, -0.15) is 0 Å². The summed E-state index contributed by atoms with van der Waals surface area (Å²) in [6, 6.07) is 35.5. The first-order valence-corrected chi connectivity index (χ1v) is 15.1. The second-order valence-electron chi connectivity index (χ2n) is 11.2. The van der Waals surface area contributed by atoms with Crippen molar-refractivity contribution in [3.8, 4) is 0 Å². The highest BCUT2D eigenvalue weighted by Gasteiger charge is 2.33. The van der Waals surface area contributed by atoms with Gasteiger partial charge in [0.05, 0.1) is 0 Å². The van der Waals surface area contributed by atoms with Gasteiger partial charge in [0.15, 0.2) is 0 Å². The number of carbonyl (C=O) groups excluding carboxylic acids is 2. The quantitative estimate of drug-likeness (QED) is 0.207. The fourth-order valence-corrected chi connectivity index (χ4v) is 6.00. The molecule has 0 unspecified atom stereocenters. The van der Waals surface area contributed by atoms with E-state index in [1.165, 1.54) is 12.5 Å². The second-order valence-corrected chi connectivity index (χ2v) is 11.2. The largest absolute Gasteiger partial charge is 0.352 e. The molecule has 0 bridgehead atoms. The fraction of sp³-hybridized carbons (Fsp3) is 0.297. The molecule has 216 valence electrons. The Bertz CT molecular complexity index is 1380. The molecule has 0 heterocycles. The first-order chi connectivity index (χ1) is 20.6. The van der Waals surface area contributed by atoms with Crippen LogP contribution in [0, 0.1) is 5.82 Å². The highest BCUT2D eigenvalue weighted by molar-refractivity contribution is 5.88. The molecule has 5 rings (SSSR count). The lowest BCUT2D eigenvalue weighted by Crippen LogP contribution is -2.53. The van der Waals surface area contributed by atoms with Gasteiger partial charge in [0, 0.05) is 36.9 Å². The maximum Gasteiger partial charge on any atom is 0.243 e. The summed E-state index contributed by atoms with van der Waals surface area (Å²) in [4.78, 5) is 30.1. The van der Waals surface area contributed by atoms with Gasteiger partial charge in [0.1, 0.15) is 11.9 Å². The first-order valence-electron chi connectivity index (χ1n) is 15.1. The molecule has 42 heavy (non-hydrogen) atoms. The zero-order valence-electron chi connectivity index (χ0n) is 24.0. The van der Waals surface area contributed by atoms with Crippen LogP contribution < -0.4 is 5.32 Å². The number of hydrogen-bond donors (Lipinski definition) is 1. The molecule has 0 spiro atoms. The minimum absolute atomic E-state index is 0.0113. The van der Waals surface area contributed by atoms with E-state index in [4.69, 9.17) is 0 Å². The lowest BCUT2D eigenvalue weighted by Gasteiger charge is -2.34. The Balaban J connectivity index is 1.51. The third kappa shape index (κ3) is 7.73. The summed E-state index contributed by atoms with van der Waals surface area (Å²) in [5.41, 5.74) is 3.39. The fourth-order valence-electron chi connectivity index (χ4n) is 6.00. The van der Waals surface area contributed by atoms with Crippen molar-refractivity contribution in [1.82, 2.24) is 10.2 Å². The molecule has 2 amide bonds. The normalized spacial score (nSPS) is 14.3. The first kappa shape index (κ1) is 29.2. The highest BCUT2D eigenvalue weighted by Crippen LogP contribution is 2.30. The van der Waals surface area contributed by atoms with E-state index in [0.29, 0.717) is 12.0 Å². The van der Waals surface area contributed by atoms with Gasteiger partial charge in [-0.15, -0.1) is 0 Å². The van der Waals surface area contributed by atoms with Crippen LogP contribution in [-0.4, -0.2) is 28.8 Å². The Morgan fingerprint density at radius 1 is 0.738 bits per heavy atom. The summed E-state index contributed by atoms with van der Waals surface area (Å²) >= 11 is 0. The molecule has 1 atom stereocenters. The minimum atomic E-state index is -0.784. The number of hydrogen-bond acceptors (Lipinski definition) is 2. The molecular weight excluding hydrogens is 523 g/mol. The van der Waals surface area contributed by atoms with Gasteiger partial charge in [0.2, 0.25) is 11.8 Å². The smallest absolute Gasteiger partial charge is 0.243 e. The van der Waals surface area contributed by atoms with Gasteiger partial charge in [-0.3, -0.25) is 9.59 Å². The van der Waals surface area contributed by atoms with Crippen molar-refractivity contribution < 1.29 is 14.0 Å². The molecular formula is C37H39FN2O2. The van der Waals surface area contributed by atoms with Crippen LogP contribution in [0.3, 0.4) is 0 Å². The standard InChI is InChI=1S/C37H39FN2O2/c38-34-24-14-13-21-31(34)27-40(36(41)26-33(29-17-7-2-8-18-29)30-19-9-3-10-20-30)35(25-28-15-5-1-6-16-28)37(42)39-32-22-11-4-12-23-32/h1-3,5-10,13-21,24,32-33,35H,4,11-12,22-23,25-27H2,(H,39,42)/t35-/m1/s1. The number of nitrogens with zero attached hydrogens (tertiary/aromatic N) is 1. The topological polar surface area (TPSA) is 49.4 Å². The number of halogens is 1. The van der Waals surface area contributed by atoms with Crippen LogP contribution in [0.4, 0.5) is 4.39 Å². The van der Waals surface area contributed by atoms with E-state index >= 15 is 4.39 Å². The van der Waals surface area contributed by atoms with Crippen LogP contribution in [0.1, 0.15) is 66.7 Å². The summed E-state index contributed by atoms with van der Waals surface area (Å²) < 4.78 is 15.0. The van der Waals surface area contributed by atoms with Crippen LogP contribution >= 0.6 is 0 Å². The molecule has 0 radical (unpaired) electrons. The Hall–Kier alpha value is -4.25. The average molecular weight is 563 g/mol. The molecule has 1 fully saturated rings. The molecule has 1 N–H and O–H groups in total. The minimum Gasteiger partial charge on any atom is -0.352 e. The van der Waals surface area contributed by atoms with E-state index in [-0.39, 0.29) is 42.6 Å². The van der Waals surface area contributed by atoms with Gasteiger partial charge in [-0.05, 0) is 35.6 Å². The van der Waals surface area contributed by atoms with Crippen LogP contribution in [0.15, 0.2) is 115 Å². The molecule has 1 aliphatic carbocycles. The van der Waals surface area contributed by atoms with E-state index in [2.05, 4.69) is 5.32 Å². The Morgan fingerprint density at radius 2 is 1.29 bits per heavy atom. The number of amides is 2. The van der Waals surface area contributed by atoms with Gasteiger partial charge in [0.25, 0.3) is 0 Å². The van der Waals surface area contributed by atoms with Crippen molar-refractivity contribution in [3.05, 3.63) is 143 Å². The van der Waals surface area contributed by atoms with Crippen molar-refractivity contribution in [3.63, 3.8) is 0 Å². The van der Waals surface area contributed by atoms with Crippen LogP contribution in [0.5, 0.6) is 0 Å². The summed E-state index contributed by atoms with van der Waals surface area (Å²) in [5.74, 6) is -0.951. The average Bonchev–Trinajstić information content (AvgIpc) is 3.04. The predicted molar refractivity (Wildman–Crippen MR) is 165 cm³/mol. The Kier molecular flexibility index (Phi) is 10.2. The molecule has 5 heteroatoms. The van der Waals surface area contributed by atoms with Crippen LogP contribution in [0.25, 0.3) is 0 Å². The molecule has 0 saturated heterocycles. The zero-order chi connectivity index (χ0) is 29.1. The molecule has 0 aromatic heterocycles. The van der Waals surface area contributed by atoms with E-state index < -0.39 is 6.04 Å². The van der Waals surface area contributed by atoms with Crippen LogP contribution in [-0.2, 0) is 22.6 Å². The lowest BCUT2D eigenvalue weighted by molar-refractivity contribution is -0.141. The lowest BCUT2D eigenvalue weighted by atomic mass is 9.87. The monoisotopic (exact) mass is 562 g/mol. The predicted octanol–water partition coefficient (Wildman–Crippen LogP) is 7.44. The summed E-state index contributed by atoms with van der Waals surface area (Å²) in [6.07, 6.45) is 5.73. The Labute approximate surface area is 248 Å². The van der Waals surface area contributed by atoms with Gasteiger partial charge in [-0.25, -0.2) is 4.39 Å². The van der Waals surface area contributed by atoms with E-state index in [0.717, 1.165) is 42.4 Å². The van der Waals surface area contributed by atoms with Crippen molar-refractivity contribution in [2.24, 2.45) is 0 Å². The van der Waals surface area contributed by atoms with Gasteiger partial charge in [-0.1, -0.05) is 128 Å². The third-order valence-corrected chi connectivity index (χ3v) is 8.30. The third-order valence-electron chi connectivity index (χ3n) is 8.30. The molecule has 1 saturated carbocycles. The Morgan fingerprint density at radius 3 is 1.88 bits per heavy atom. The number of benzene rings is 4. The van der Waals surface area contributed by atoms with Crippen molar-refractivity contribution in [1.29, 1.82) is 0 Å². The maximum atomic E-state index is 15.0. The van der Waals surface area contributed by atoms with Crippen molar-refractivity contribution in [2.75, 3.05) is 0 Å². The molecule has 4 nitrogen and oxygen atoms in total. The molecule has 1 aliphatic rings. The van der Waals surface area contributed by atoms with Gasteiger partial charge >= 0.3 is 0 Å². The zero-order valence-corrected chi connectivity index (χ0v) is 24.0. The summed E-state index contributed by atoms with van der Waals surface area (Å²) in [5, 5.41) is 3.27. The van der Waals surface area contributed by atoms with E-state index in [1.54, 1.807) is 23.1 Å². The SMILES string of the molecule is O=C(NC1CCCCC1)[C@@H](Cc1ccccc1)N(Cc1ccccc1F)C(=O)CC(c1ccccc1)c1ccccc1. The van der Waals surface area contributed by atoms with Crippen molar-refractivity contribution in [2.45, 2.75) is 69.5 Å². The summed E-state index contributed by atoms with van der Waals surface area (Å²) in [6.45, 7) is 0.0113. The molecule has 4 aromatic carbocycles. The summed E-state index contributed by atoms with van der Waals surface area (Å²) in [7, 11) is 0. The van der Waals surface area contributed by atoms with E-state index in [9.17, 15) is 9.59 Å². The molecule has 0 aliphatic heterocycles.